The van der Waals surface area contributed by atoms with Crippen molar-refractivity contribution in [2.45, 2.75) is 109 Å². The van der Waals surface area contributed by atoms with Crippen LogP contribution in [0.25, 0.3) is 0 Å². The molecule has 0 aromatic heterocycles. The lowest BCUT2D eigenvalue weighted by molar-refractivity contribution is -0.148. The molecule has 2 atom stereocenters. The van der Waals surface area contributed by atoms with Crippen molar-refractivity contribution < 1.29 is 27.4 Å². The standard InChI is InChI=1S/C33H46F3NO3/c1-3-4-5-6-7-8-9-10-11-12-33(38)40-29-23-28(37(2)24-29)19-20-39-32-18-16-27(34)22-26(32)15-13-25-14-17-30(35)31(36)21-25/h14,16-18,21-22,28-29H,3-13,15,19-20,23-24H2,1-2H3. The average molecular weight is 562 g/mol. The van der Waals surface area contributed by atoms with Crippen LogP contribution in [0, 0.1) is 17.5 Å². The van der Waals surface area contributed by atoms with E-state index in [9.17, 15) is 18.0 Å². The zero-order valence-electron chi connectivity index (χ0n) is 24.2. The van der Waals surface area contributed by atoms with Gasteiger partial charge in [0, 0.05) is 25.4 Å². The number of ether oxygens (including phenoxy) is 2. The second kappa shape index (κ2) is 17.3. The molecule has 0 N–H and O–H groups in total. The van der Waals surface area contributed by atoms with E-state index in [1.165, 1.54) is 69.2 Å². The number of nitrogens with zero attached hydrogens (tertiary/aromatic N) is 1. The number of likely N-dealkylation sites (tertiary alicyclic amines) is 1. The van der Waals surface area contributed by atoms with Gasteiger partial charge >= 0.3 is 5.97 Å². The Bertz CT molecular complexity index is 1050. The third-order valence-electron chi connectivity index (χ3n) is 7.83. The van der Waals surface area contributed by atoms with Crippen molar-refractivity contribution in [1.29, 1.82) is 0 Å². The van der Waals surface area contributed by atoms with E-state index in [1.54, 1.807) is 6.07 Å². The smallest absolute Gasteiger partial charge is 0.306 e. The zero-order valence-corrected chi connectivity index (χ0v) is 24.2. The number of esters is 1. The van der Waals surface area contributed by atoms with E-state index < -0.39 is 11.6 Å². The molecule has 0 radical (unpaired) electrons. The van der Waals surface area contributed by atoms with Gasteiger partial charge in [0.25, 0.3) is 0 Å². The Morgan fingerprint density at radius 2 is 1.62 bits per heavy atom. The number of hydrogen-bond acceptors (Lipinski definition) is 4. The number of carbonyl (C=O) groups is 1. The average Bonchev–Trinajstić information content (AvgIpc) is 3.27. The molecule has 2 aromatic carbocycles. The molecule has 4 nitrogen and oxygen atoms in total. The molecule has 7 heteroatoms. The molecule has 2 aromatic rings. The van der Waals surface area contributed by atoms with Gasteiger partial charge in [0.1, 0.15) is 17.7 Å². The fourth-order valence-electron chi connectivity index (χ4n) is 5.44. The summed E-state index contributed by atoms with van der Waals surface area (Å²) >= 11 is 0. The number of carbonyl (C=O) groups excluding carboxylic acids is 1. The van der Waals surface area contributed by atoms with Gasteiger partial charge in [0.15, 0.2) is 11.6 Å². The molecule has 1 aliphatic heterocycles. The lowest BCUT2D eigenvalue weighted by Crippen LogP contribution is -2.27. The normalized spacial score (nSPS) is 17.3. The fraction of sp³-hybridized carbons (Fsp3) is 0.606. The minimum absolute atomic E-state index is 0.0986. The fourth-order valence-corrected chi connectivity index (χ4v) is 5.44. The summed E-state index contributed by atoms with van der Waals surface area (Å²) in [5.74, 6) is -1.65. The molecule has 0 aliphatic carbocycles. The number of hydrogen-bond donors (Lipinski definition) is 0. The van der Waals surface area contributed by atoms with Crippen LogP contribution in [0.4, 0.5) is 13.2 Å². The highest BCUT2D eigenvalue weighted by atomic mass is 19.2. The number of rotatable bonds is 18. The number of benzene rings is 2. The summed E-state index contributed by atoms with van der Waals surface area (Å²) in [4.78, 5) is 14.6. The first-order chi connectivity index (χ1) is 19.4. The largest absolute Gasteiger partial charge is 0.493 e. The number of halogens is 3. The highest BCUT2D eigenvalue weighted by molar-refractivity contribution is 5.69. The molecular weight excluding hydrogens is 515 g/mol. The molecule has 3 rings (SSSR count). The molecule has 0 saturated carbocycles. The number of likely N-dealkylation sites (N-methyl/N-ethyl adjacent to an activating group) is 1. The van der Waals surface area contributed by atoms with Gasteiger partial charge in [-0.25, -0.2) is 13.2 Å². The van der Waals surface area contributed by atoms with Crippen molar-refractivity contribution in [2.75, 3.05) is 20.2 Å². The summed E-state index contributed by atoms with van der Waals surface area (Å²) in [6, 6.07) is 8.45. The van der Waals surface area contributed by atoms with Gasteiger partial charge in [-0.15, -0.1) is 0 Å². The maximum Gasteiger partial charge on any atom is 0.306 e. The molecule has 1 aliphatic rings. The molecule has 0 spiro atoms. The summed E-state index contributed by atoms with van der Waals surface area (Å²) in [7, 11) is 2.03. The SMILES string of the molecule is CCCCCCCCCCCC(=O)OC1CC(CCOc2ccc(F)cc2CCc2ccc(F)c(F)c2)N(C)C1. The van der Waals surface area contributed by atoms with Crippen LogP contribution in [0.15, 0.2) is 36.4 Å². The molecule has 2 unspecified atom stereocenters. The van der Waals surface area contributed by atoms with E-state index in [-0.39, 0.29) is 23.9 Å². The Labute approximate surface area is 238 Å². The summed E-state index contributed by atoms with van der Waals surface area (Å²) in [6.07, 6.45) is 13.8. The van der Waals surface area contributed by atoms with Gasteiger partial charge < -0.3 is 9.47 Å². The molecule has 1 saturated heterocycles. The lowest BCUT2D eigenvalue weighted by Gasteiger charge is -2.19. The van der Waals surface area contributed by atoms with Gasteiger partial charge in [-0.1, -0.05) is 64.4 Å². The first-order valence-electron chi connectivity index (χ1n) is 15.1. The van der Waals surface area contributed by atoms with Crippen LogP contribution in [0.1, 0.15) is 95.1 Å². The van der Waals surface area contributed by atoms with Gasteiger partial charge in [-0.05, 0) is 74.2 Å². The Kier molecular flexibility index (Phi) is 13.8. The predicted molar refractivity (Wildman–Crippen MR) is 153 cm³/mol. The molecule has 222 valence electrons. The molecule has 1 fully saturated rings. The van der Waals surface area contributed by atoms with E-state index in [0.29, 0.717) is 49.3 Å². The summed E-state index contributed by atoms with van der Waals surface area (Å²) in [5, 5.41) is 0. The van der Waals surface area contributed by atoms with Crippen molar-refractivity contribution in [3.63, 3.8) is 0 Å². The molecule has 0 bridgehead atoms. The van der Waals surface area contributed by atoms with Crippen LogP contribution < -0.4 is 4.74 Å². The van der Waals surface area contributed by atoms with Gasteiger partial charge in [0.2, 0.25) is 0 Å². The third-order valence-corrected chi connectivity index (χ3v) is 7.83. The lowest BCUT2D eigenvalue weighted by atomic mass is 10.0. The first-order valence-corrected chi connectivity index (χ1v) is 15.1. The van der Waals surface area contributed by atoms with Crippen molar-refractivity contribution in [3.05, 3.63) is 65.0 Å². The third kappa shape index (κ3) is 11.1. The van der Waals surface area contributed by atoms with E-state index in [1.807, 2.05) is 7.05 Å². The second-order valence-electron chi connectivity index (χ2n) is 11.2. The van der Waals surface area contributed by atoms with Crippen LogP contribution in [0.5, 0.6) is 5.75 Å². The van der Waals surface area contributed by atoms with Crippen LogP contribution in [-0.4, -0.2) is 43.2 Å². The van der Waals surface area contributed by atoms with Gasteiger partial charge in [-0.3, -0.25) is 9.69 Å². The van der Waals surface area contributed by atoms with Gasteiger partial charge in [-0.2, -0.15) is 0 Å². The Morgan fingerprint density at radius 1 is 0.900 bits per heavy atom. The van der Waals surface area contributed by atoms with E-state index >= 15 is 0 Å². The Morgan fingerprint density at radius 3 is 2.35 bits per heavy atom. The summed E-state index contributed by atoms with van der Waals surface area (Å²) in [5.41, 5.74) is 1.33. The predicted octanol–water partition coefficient (Wildman–Crippen LogP) is 8.19. The highest BCUT2D eigenvalue weighted by Gasteiger charge is 2.31. The van der Waals surface area contributed by atoms with Crippen molar-refractivity contribution >= 4 is 5.97 Å². The second-order valence-corrected chi connectivity index (χ2v) is 11.2. The highest BCUT2D eigenvalue weighted by Crippen LogP contribution is 2.25. The molecule has 0 amide bonds. The van der Waals surface area contributed by atoms with Crippen molar-refractivity contribution in [3.8, 4) is 5.75 Å². The maximum absolute atomic E-state index is 13.9. The molecule has 1 heterocycles. The Balaban J connectivity index is 1.35. The zero-order chi connectivity index (χ0) is 28.7. The topological polar surface area (TPSA) is 38.8 Å². The minimum atomic E-state index is -0.888. The van der Waals surface area contributed by atoms with Crippen LogP contribution in [-0.2, 0) is 22.4 Å². The summed E-state index contributed by atoms with van der Waals surface area (Å²) in [6.45, 7) is 3.39. The maximum atomic E-state index is 13.9. The van der Waals surface area contributed by atoms with Gasteiger partial charge in [0.05, 0.1) is 6.61 Å². The van der Waals surface area contributed by atoms with E-state index in [2.05, 4.69) is 11.8 Å². The van der Waals surface area contributed by atoms with E-state index in [4.69, 9.17) is 9.47 Å². The van der Waals surface area contributed by atoms with Crippen LogP contribution in [0.3, 0.4) is 0 Å². The van der Waals surface area contributed by atoms with Crippen LogP contribution in [0.2, 0.25) is 0 Å². The summed E-state index contributed by atoms with van der Waals surface area (Å²) < 4.78 is 52.5. The monoisotopic (exact) mass is 561 g/mol. The quantitative estimate of drug-likeness (QED) is 0.136. The molecular formula is C33H46F3NO3. The Hall–Kier alpha value is -2.54. The minimum Gasteiger partial charge on any atom is -0.493 e. The van der Waals surface area contributed by atoms with Crippen molar-refractivity contribution in [1.82, 2.24) is 4.90 Å². The van der Waals surface area contributed by atoms with Crippen LogP contribution >= 0.6 is 0 Å². The van der Waals surface area contributed by atoms with E-state index in [0.717, 1.165) is 31.7 Å². The molecule has 40 heavy (non-hydrogen) atoms. The first kappa shape index (κ1) is 32.0. The van der Waals surface area contributed by atoms with Crippen molar-refractivity contribution in [2.24, 2.45) is 0 Å². The number of aryl methyl sites for hydroxylation is 2. The number of unbranched alkanes of at least 4 members (excludes halogenated alkanes) is 8.